The number of amidine groups is 1. The normalized spacial score (nSPS) is 21.7. The van der Waals surface area contributed by atoms with Crippen molar-refractivity contribution in [2.75, 3.05) is 23.3 Å². The van der Waals surface area contributed by atoms with Crippen LogP contribution in [0.2, 0.25) is 10.0 Å². The average Bonchev–Trinajstić information content (AvgIpc) is 3.30. The Kier molecular flexibility index (Phi) is 5.63. The fraction of sp³-hybridized carbons (Fsp3) is 0.500. The Labute approximate surface area is 188 Å². The van der Waals surface area contributed by atoms with Gasteiger partial charge in [0.2, 0.25) is 0 Å². The van der Waals surface area contributed by atoms with E-state index in [1.165, 1.54) is 50.5 Å². The lowest BCUT2D eigenvalue weighted by Gasteiger charge is -2.42. The number of benzene rings is 1. The Balaban J connectivity index is 1.40. The Morgan fingerprint density at radius 3 is 2.50 bits per heavy atom. The van der Waals surface area contributed by atoms with Gasteiger partial charge in [-0.2, -0.15) is 0 Å². The molecule has 3 heterocycles. The number of aliphatic imine (C=N–C) groups is 1. The third kappa shape index (κ3) is 3.92. The molecule has 0 bridgehead atoms. The van der Waals surface area contributed by atoms with E-state index in [2.05, 4.69) is 27.3 Å². The first-order valence-corrected chi connectivity index (χ1v) is 11.9. The number of aromatic nitrogens is 1. The SMILES string of the molecule is Clc1cc2c(cc1Cl)NC(=NCc1ccc(N3CCCC3)nc1)C1(CCCCC1)C2. The molecule has 1 saturated heterocycles. The molecular weight excluding hydrogens is 415 g/mol. The van der Waals surface area contributed by atoms with Gasteiger partial charge in [0.25, 0.3) is 0 Å². The molecule has 1 aromatic carbocycles. The number of hydrogen-bond donors (Lipinski definition) is 1. The van der Waals surface area contributed by atoms with Crippen LogP contribution in [0.5, 0.6) is 0 Å². The zero-order chi connectivity index (χ0) is 20.6. The van der Waals surface area contributed by atoms with E-state index in [9.17, 15) is 0 Å². The van der Waals surface area contributed by atoms with E-state index in [4.69, 9.17) is 28.2 Å². The van der Waals surface area contributed by atoms with Gasteiger partial charge in [0, 0.05) is 30.4 Å². The first-order valence-electron chi connectivity index (χ1n) is 11.1. The van der Waals surface area contributed by atoms with Gasteiger partial charge in [-0.15, -0.1) is 0 Å². The van der Waals surface area contributed by atoms with Crippen molar-refractivity contribution in [1.29, 1.82) is 0 Å². The minimum atomic E-state index is 0.0886. The van der Waals surface area contributed by atoms with E-state index < -0.39 is 0 Å². The van der Waals surface area contributed by atoms with Crippen molar-refractivity contribution in [2.45, 2.75) is 57.9 Å². The van der Waals surface area contributed by atoms with Crippen LogP contribution in [0.4, 0.5) is 11.5 Å². The summed E-state index contributed by atoms with van der Waals surface area (Å²) >= 11 is 12.6. The van der Waals surface area contributed by atoms with E-state index in [-0.39, 0.29) is 5.41 Å². The Hall–Kier alpha value is -1.78. The number of anilines is 2. The van der Waals surface area contributed by atoms with Gasteiger partial charge in [-0.3, -0.25) is 4.99 Å². The molecule has 3 aliphatic rings. The smallest absolute Gasteiger partial charge is 0.128 e. The molecule has 1 aliphatic carbocycles. The third-order valence-corrected chi connectivity index (χ3v) is 7.62. The van der Waals surface area contributed by atoms with Crippen molar-refractivity contribution in [3.63, 3.8) is 0 Å². The zero-order valence-electron chi connectivity index (χ0n) is 17.3. The molecule has 0 amide bonds. The van der Waals surface area contributed by atoms with Crippen molar-refractivity contribution in [2.24, 2.45) is 10.4 Å². The summed E-state index contributed by atoms with van der Waals surface area (Å²) in [5.74, 6) is 2.20. The number of nitrogens with zero attached hydrogens (tertiary/aromatic N) is 3. The first-order chi connectivity index (χ1) is 14.6. The molecule has 1 saturated carbocycles. The molecule has 30 heavy (non-hydrogen) atoms. The van der Waals surface area contributed by atoms with Crippen LogP contribution >= 0.6 is 23.2 Å². The molecule has 2 fully saturated rings. The average molecular weight is 443 g/mol. The molecule has 0 atom stereocenters. The summed E-state index contributed by atoms with van der Waals surface area (Å²) < 4.78 is 0. The number of rotatable bonds is 3. The van der Waals surface area contributed by atoms with Crippen LogP contribution in [0.1, 0.15) is 56.1 Å². The van der Waals surface area contributed by atoms with Crippen molar-refractivity contribution in [3.05, 3.63) is 51.6 Å². The quantitative estimate of drug-likeness (QED) is 0.588. The molecule has 4 nitrogen and oxygen atoms in total. The summed E-state index contributed by atoms with van der Waals surface area (Å²) in [6.07, 6.45) is 11.7. The molecule has 1 spiro atoms. The fourth-order valence-electron chi connectivity index (χ4n) is 5.22. The summed E-state index contributed by atoms with van der Waals surface area (Å²) in [7, 11) is 0. The van der Waals surface area contributed by atoms with Crippen molar-refractivity contribution < 1.29 is 0 Å². The van der Waals surface area contributed by atoms with Crippen molar-refractivity contribution in [3.8, 4) is 0 Å². The second kappa shape index (κ2) is 8.39. The van der Waals surface area contributed by atoms with Gasteiger partial charge >= 0.3 is 0 Å². The molecule has 5 rings (SSSR count). The number of hydrogen-bond acceptors (Lipinski definition) is 3. The summed E-state index contributed by atoms with van der Waals surface area (Å²) in [6.45, 7) is 2.88. The number of pyridine rings is 1. The predicted octanol–water partition coefficient (Wildman–Crippen LogP) is 6.51. The standard InChI is InChI=1S/C24H28Cl2N4/c25-19-12-18-14-24(8-2-1-3-9-24)23(29-21(18)13-20(19)26)28-16-17-6-7-22(27-15-17)30-10-4-5-11-30/h6-7,12-13,15H,1-5,8-11,14,16H2,(H,28,29). The molecular formula is C24H28Cl2N4. The molecule has 2 aliphatic heterocycles. The van der Waals surface area contributed by atoms with Crippen LogP contribution in [0, 0.1) is 5.41 Å². The zero-order valence-corrected chi connectivity index (χ0v) is 18.8. The maximum atomic E-state index is 6.31. The first kappa shape index (κ1) is 20.1. The second-order valence-electron chi connectivity index (χ2n) is 8.95. The maximum absolute atomic E-state index is 6.31. The van der Waals surface area contributed by atoms with Gasteiger partial charge in [0.15, 0.2) is 0 Å². The lowest BCUT2D eigenvalue weighted by atomic mass is 9.67. The third-order valence-electron chi connectivity index (χ3n) is 6.90. The highest BCUT2D eigenvalue weighted by Gasteiger charge is 2.41. The van der Waals surface area contributed by atoms with Crippen molar-refractivity contribution in [1.82, 2.24) is 4.98 Å². The van der Waals surface area contributed by atoms with E-state index in [1.54, 1.807) is 0 Å². The summed E-state index contributed by atoms with van der Waals surface area (Å²) in [5, 5.41) is 4.85. The number of nitrogens with one attached hydrogen (secondary N) is 1. The predicted molar refractivity (Wildman–Crippen MR) is 126 cm³/mol. The van der Waals surface area contributed by atoms with Crippen LogP contribution in [0.15, 0.2) is 35.5 Å². The molecule has 1 N–H and O–H groups in total. The van der Waals surface area contributed by atoms with Gasteiger partial charge in [-0.05, 0) is 61.4 Å². The highest BCUT2D eigenvalue weighted by atomic mass is 35.5. The van der Waals surface area contributed by atoms with Crippen LogP contribution in [-0.4, -0.2) is 23.9 Å². The molecule has 0 radical (unpaired) electrons. The van der Waals surface area contributed by atoms with E-state index in [0.29, 0.717) is 16.6 Å². The van der Waals surface area contributed by atoms with Gasteiger partial charge < -0.3 is 10.2 Å². The highest BCUT2D eigenvalue weighted by molar-refractivity contribution is 6.42. The maximum Gasteiger partial charge on any atom is 0.128 e. The van der Waals surface area contributed by atoms with Crippen LogP contribution in [-0.2, 0) is 13.0 Å². The number of fused-ring (bicyclic) bond motifs is 1. The van der Waals surface area contributed by atoms with Gasteiger partial charge in [0.1, 0.15) is 11.7 Å². The van der Waals surface area contributed by atoms with Crippen LogP contribution in [0.3, 0.4) is 0 Å². The summed E-state index contributed by atoms with van der Waals surface area (Å²) in [4.78, 5) is 12.1. The monoisotopic (exact) mass is 442 g/mol. The van der Waals surface area contributed by atoms with Crippen molar-refractivity contribution >= 4 is 40.5 Å². The fourth-order valence-corrected chi connectivity index (χ4v) is 5.57. The minimum Gasteiger partial charge on any atom is -0.357 e. The minimum absolute atomic E-state index is 0.0886. The Morgan fingerprint density at radius 1 is 1.00 bits per heavy atom. The second-order valence-corrected chi connectivity index (χ2v) is 9.76. The number of halogens is 2. The topological polar surface area (TPSA) is 40.5 Å². The summed E-state index contributed by atoms with van der Waals surface area (Å²) in [6, 6.07) is 8.28. The molecule has 6 heteroatoms. The largest absolute Gasteiger partial charge is 0.357 e. The van der Waals surface area contributed by atoms with E-state index >= 15 is 0 Å². The lowest BCUT2D eigenvalue weighted by molar-refractivity contribution is 0.278. The van der Waals surface area contributed by atoms with Crippen LogP contribution < -0.4 is 10.2 Å². The summed E-state index contributed by atoms with van der Waals surface area (Å²) in [5.41, 5.74) is 3.53. The highest BCUT2D eigenvalue weighted by Crippen LogP contribution is 2.46. The van der Waals surface area contributed by atoms with Gasteiger partial charge in [0.05, 0.1) is 16.6 Å². The molecule has 2 aromatic rings. The lowest BCUT2D eigenvalue weighted by Crippen LogP contribution is -2.43. The van der Waals surface area contributed by atoms with Crippen LogP contribution in [0.25, 0.3) is 0 Å². The van der Waals surface area contributed by atoms with Gasteiger partial charge in [-0.1, -0.05) is 48.5 Å². The Bertz CT molecular complexity index is 942. The Morgan fingerprint density at radius 2 is 1.77 bits per heavy atom. The molecule has 0 unspecified atom stereocenters. The van der Waals surface area contributed by atoms with E-state index in [0.717, 1.165) is 42.4 Å². The molecule has 158 valence electrons. The molecule has 1 aromatic heterocycles. The van der Waals surface area contributed by atoms with E-state index in [1.807, 2.05) is 18.3 Å². The van der Waals surface area contributed by atoms with Gasteiger partial charge in [-0.25, -0.2) is 4.98 Å².